The van der Waals surface area contributed by atoms with E-state index in [1.54, 1.807) is 0 Å². The van der Waals surface area contributed by atoms with Crippen LogP contribution in [0.4, 0.5) is 5.82 Å². The zero-order valence-corrected chi connectivity index (χ0v) is 8.58. The van der Waals surface area contributed by atoms with Gasteiger partial charge in [-0.05, 0) is 6.07 Å². The fourth-order valence-corrected chi connectivity index (χ4v) is 1.02. The Morgan fingerprint density at radius 1 is 1.67 bits per heavy atom. The summed E-state index contributed by atoms with van der Waals surface area (Å²) < 4.78 is 0. The number of aromatic carboxylic acids is 1. The van der Waals surface area contributed by atoms with Crippen molar-refractivity contribution in [3.05, 3.63) is 23.4 Å². The van der Waals surface area contributed by atoms with E-state index < -0.39 is 5.97 Å². The summed E-state index contributed by atoms with van der Waals surface area (Å²) in [7, 11) is 0. The van der Waals surface area contributed by atoms with Crippen LogP contribution in [0.25, 0.3) is 0 Å². The highest BCUT2D eigenvalue weighted by atomic mass is 35.5. The molecule has 1 aromatic heterocycles. The number of hydrogen-bond acceptors (Lipinski definition) is 3. The van der Waals surface area contributed by atoms with Crippen LogP contribution >= 0.6 is 11.6 Å². The second-order valence-corrected chi connectivity index (χ2v) is 3.08. The van der Waals surface area contributed by atoms with Crippen molar-refractivity contribution in [3.8, 4) is 11.8 Å². The molecule has 0 aliphatic carbocycles. The first kappa shape index (κ1) is 11.3. The number of aromatic nitrogens is 1. The highest BCUT2D eigenvalue weighted by Gasteiger charge is 2.08. The Kier molecular flexibility index (Phi) is 3.95. The van der Waals surface area contributed by atoms with Gasteiger partial charge in [-0.1, -0.05) is 11.8 Å². The molecule has 1 rings (SSSR count). The molecule has 0 aromatic carbocycles. The predicted molar refractivity (Wildman–Crippen MR) is 57.8 cm³/mol. The van der Waals surface area contributed by atoms with E-state index >= 15 is 0 Å². The van der Waals surface area contributed by atoms with E-state index in [4.69, 9.17) is 22.4 Å². The van der Waals surface area contributed by atoms with E-state index in [0.29, 0.717) is 17.9 Å². The quantitative estimate of drug-likeness (QED) is 0.587. The van der Waals surface area contributed by atoms with Gasteiger partial charge in [0.2, 0.25) is 0 Å². The van der Waals surface area contributed by atoms with Gasteiger partial charge in [0.25, 0.3) is 0 Å². The summed E-state index contributed by atoms with van der Waals surface area (Å²) in [5.74, 6) is 4.86. The Bertz CT molecular complexity index is 435. The molecule has 15 heavy (non-hydrogen) atoms. The summed E-state index contributed by atoms with van der Waals surface area (Å²) in [6.45, 7) is 0. The van der Waals surface area contributed by atoms with Gasteiger partial charge in [-0.15, -0.1) is 11.6 Å². The number of anilines is 1. The van der Waals surface area contributed by atoms with Crippen molar-refractivity contribution in [3.63, 3.8) is 0 Å². The maximum atomic E-state index is 10.7. The van der Waals surface area contributed by atoms with E-state index in [0.717, 1.165) is 0 Å². The van der Waals surface area contributed by atoms with Crippen LogP contribution in [-0.2, 0) is 0 Å². The minimum atomic E-state index is -1.11. The van der Waals surface area contributed by atoms with Crippen molar-refractivity contribution >= 4 is 23.4 Å². The van der Waals surface area contributed by atoms with Gasteiger partial charge in [0.05, 0.1) is 0 Å². The average molecular weight is 225 g/mol. The SMILES string of the molecule is Nc1ncc(C#CCCCl)cc1C(=O)O. The molecule has 0 bridgehead atoms. The van der Waals surface area contributed by atoms with Crippen LogP contribution in [0, 0.1) is 11.8 Å². The summed E-state index contributed by atoms with van der Waals surface area (Å²) in [6, 6.07) is 1.39. The third-order valence-corrected chi connectivity index (χ3v) is 1.79. The number of nitrogens with zero attached hydrogens (tertiary/aromatic N) is 1. The number of nitrogens with two attached hydrogens (primary N) is 1. The number of carbonyl (C=O) groups is 1. The first-order valence-electron chi connectivity index (χ1n) is 4.19. The molecule has 0 radical (unpaired) electrons. The number of carboxylic acid groups (broad SMARTS) is 1. The van der Waals surface area contributed by atoms with Crippen LogP contribution in [0.2, 0.25) is 0 Å². The fourth-order valence-electron chi connectivity index (χ4n) is 0.927. The van der Waals surface area contributed by atoms with Crippen molar-refractivity contribution in [1.82, 2.24) is 4.98 Å². The molecular weight excluding hydrogens is 216 g/mol. The molecule has 0 saturated carbocycles. The van der Waals surface area contributed by atoms with Crippen molar-refractivity contribution in [2.45, 2.75) is 6.42 Å². The van der Waals surface area contributed by atoms with Gasteiger partial charge in [-0.2, -0.15) is 0 Å². The molecule has 0 aliphatic rings. The molecule has 0 fully saturated rings. The topological polar surface area (TPSA) is 76.2 Å². The highest BCUT2D eigenvalue weighted by molar-refractivity contribution is 6.18. The van der Waals surface area contributed by atoms with Crippen LogP contribution in [0.5, 0.6) is 0 Å². The summed E-state index contributed by atoms with van der Waals surface area (Å²) in [6.07, 6.45) is 1.98. The Morgan fingerprint density at radius 2 is 2.40 bits per heavy atom. The molecule has 0 unspecified atom stereocenters. The third-order valence-electron chi connectivity index (χ3n) is 1.60. The highest BCUT2D eigenvalue weighted by Crippen LogP contribution is 2.09. The second-order valence-electron chi connectivity index (χ2n) is 2.70. The molecule has 5 heteroatoms. The Hall–Kier alpha value is -1.73. The normalized spacial score (nSPS) is 9.13. The van der Waals surface area contributed by atoms with Crippen LogP contribution in [0.1, 0.15) is 22.3 Å². The van der Waals surface area contributed by atoms with E-state index in [-0.39, 0.29) is 11.4 Å². The molecule has 0 saturated heterocycles. The van der Waals surface area contributed by atoms with Crippen LogP contribution in [0.3, 0.4) is 0 Å². The van der Waals surface area contributed by atoms with Crippen LogP contribution in [0.15, 0.2) is 12.3 Å². The van der Waals surface area contributed by atoms with Gasteiger partial charge < -0.3 is 10.8 Å². The van der Waals surface area contributed by atoms with E-state index in [2.05, 4.69) is 16.8 Å². The van der Waals surface area contributed by atoms with Gasteiger partial charge in [0, 0.05) is 24.1 Å². The minimum absolute atomic E-state index is 0.00890. The maximum Gasteiger partial charge on any atom is 0.339 e. The van der Waals surface area contributed by atoms with Crippen molar-refractivity contribution in [2.75, 3.05) is 11.6 Å². The van der Waals surface area contributed by atoms with Gasteiger partial charge in [-0.25, -0.2) is 9.78 Å². The first-order valence-corrected chi connectivity index (χ1v) is 4.72. The number of alkyl halides is 1. The number of halogens is 1. The summed E-state index contributed by atoms with van der Waals surface area (Å²) in [5, 5.41) is 8.77. The second kappa shape index (κ2) is 5.23. The lowest BCUT2D eigenvalue weighted by atomic mass is 10.2. The smallest absolute Gasteiger partial charge is 0.339 e. The molecular formula is C10H9ClN2O2. The van der Waals surface area contributed by atoms with E-state index in [1.807, 2.05) is 0 Å². The molecule has 0 aliphatic heterocycles. The Morgan fingerprint density at radius 3 is 3.00 bits per heavy atom. The van der Waals surface area contributed by atoms with E-state index in [9.17, 15) is 4.79 Å². The largest absolute Gasteiger partial charge is 0.478 e. The summed E-state index contributed by atoms with van der Waals surface area (Å²) in [4.78, 5) is 14.5. The molecule has 1 aromatic rings. The first-order chi connectivity index (χ1) is 7.15. The molecule has 1 heterocycles. The molecule has 78 valence electrons. The number of hydrogen-bond donors (Lipinski definition) is 2. The zero-order chi connectivity index (χ0) is 11.3. The lowest BCUT2D eigenvalue weighted by Crippen LogP contribution is -2.04. The number of nitrogen functional groups attached to an aromatic ring is 1. The number of pyridine rings is 1. The Labute approximate surface area is 92.1 Å². The van der Waals surface area contributed by atoms with Crippen molar-refractivity contribution < 1.29 is 9.90 Å². The zero-order valence-electron chi connectivity index (χ0n) is 7.83. The number of rotatable bonds is 2. The van der Waals surface area contributed by atoms with Gasteiger partial charge in [0.15, 0.2) is 0 Å². The third kappa shape index (κ3) is 3.15. The van der Waals surface area contributed by atoms with E-state index in [1.165, 1.54) is 12.3 Å². The summed E-state index contributed by atoms with van der Waals surface area (Å²) >= 11 is 5.44. The summed E-state index contributed by atoms with van der Waals surface area (Å²) in [5.41, 5.74) is 5.87. The monoisotopic (exact) mass is 224 g/mol. The lowest BCUT2D eigenvalue weighted by molar-refractivity contribution is 0.0697. The fraction of sp³-hybridized carbons (Fsp3) is 0.200. The molecule has 4 nitrogen and oxygen atoms in total. The van der Waals surface area contributed by atoms with Crippen molar-refractivity contribution in [2.24, 2.45) is 0 Å². The van der Waals surface area contributed by atoms with Gasteiger partial charge >= 0.3 is 5.97 Å². The van der Waals surface area contributed by atoms with Gasteiger partial charge in [0.1, 0.15) is 11.4 Å². The molecule has 0 amide bonds. The average Bonchev–Trinajstić information content (AvgIpc) is 2.20. The molecule has 0 atom stereocenters. The van der Waals surface area contributed by atoms with Crippen LogP contribution < -0.4 is 5.73 Å². The standard InChI is InChI=1S/C10H9ClN2O2/c11-4-2-1-3-7-5-8(10(14)15)9(12)13-6-7/h5-6H,2,4H2,(H2,12,13)(H,14,15). The van der Waals surface area contributed by atoms with Crippen LogP contribution in [-0.4, -0.2) is 21.9 Å². The molecule has 3 N–H and O–H groups in total. The Balaban J connectivity index is 2.99. The maximum absolute atomic E-state index is 10.7. The minimum Gasteiger partial charge on any atom is -0.478 e. The van der Waals surface area contributed by atoms with Crippen molar-refractivity contribution in [1.29, 1.82) is 0 Å². The number of carboxylic acids is 1. The lowest BCUT2D eigenvalue weighted by Gasteiger charge is -1.99. The molecule has 0 spiro atoms. The van der Waals surface area contributed by atoms with Gasteiger partial charge in [-0.3, -0.25) is 0 Å². The predicted octanol–water partition coefficient (Wildman–Crippen LogP) is 1.34.